The number of hydrogen-bond acceptors (Lipinski definition) is 4. The molecule has 0 saturated carbocycles. The Hall–Kier alpha value is -3.22. The van der Waals surface area contributed by atoms with Gasteiger partial charge in [-0.3, -0.25) is 9.59 Å². The summed E-state index contributed by atoms with van der Waals surface area (Å²) < 4.78 is 33.8. The van der Waals surface area contributed by atoms with Gasteiger partial charge in [0.05, 0.1) is 17.4 Å². The van der Waals surface area contributed by atoms with Crippen LogP contribution in [-0.4, -0.2) is 35.9 Å². The van der Waals surface area contributed by atoms with E-state index >= 15 is 0 Å². The lowest BCUT2D eigenvalue weighted by molar-refractivity contribution is -0.121. The average Bonchev–Trinajstić information content (AvgIpc) is 2.98. The van der Waals surface area contributed by atoms with Crippen molar-refractivity contribution in [2.75, 3.05) is 18.0 Å². The topological polar surface area (TPSA) is 49.9 Å². The quantitative estimate of drug-likeness (QED) is 0.596. The minimum absolute atomic E-state index is 0.00594. The van der Waals surface area contributed by atoms with E-state index in [9.17, 15) is 18.4 Å². The molecular weight excluding hydrogens is 426 g/mol. The van der Waals surface area contributed by atoms with Gasteiger partial charge in [0.2, 0.25) is 0 Å². The lowest BCUT2D eigenvalue weighted by Gasteiger charge is -2.37. The van der Waals surface area contributed by atoms with Gasteiger partial charge in [-0.05, 0) is 61.9 Å². The van der Waals surface area contributed by atoms with Gasteiger partial charge in [0.15, 0.2) is 0 Å². The third kappa shape index (κ3) is 4.49. The molecule has 0 N–H and O–H groups in total. The molecule has 2 heterocycles. The van der Waals surface area contributed by atoms with Crippen molar-refractivity contribution in [2.24, 2.45) is 11.8 Å². The highest BCUT2D eigenvalue weighted by molar-refractivity contribution is 6.45. The van der Waals surface area contributed by atoms with Crippen molar-refractivity contribution in [1.29, 1.82) is 0 Å². The fourth-order valence-electron chi connectivity index (χ4n) is 4.77. The van der Waals surface area contributed by atoms with Crippen LogP contribution < -0.4 is 9.64 Å². The molecule has 4 rings (SSSR count). The number of amides is 2. The normalized spacial score (nSPS) is 21.4. The Labute approximate surface area is 192 Å². The van der Waals surface area contributed by atoms with E-state index < -0.39 is 23.4 Å². The molecular formula is C26H28F2N2O3. The van der Waals surface area contributed by atoms with Gasteiger partial charge in [-0.25, -0.2) is 13.7 Å². The predicted molar refractivity (Wildman–Crippen MR) is 122 cm³/mol. The molecule has 5 nitrogen and oxygen atoms in total. The zero-order valence-electron chi connectivity index (χ0n) is 19.3. The predicted octanol–water partition coefficient (Wildman–Crippen LogP) is 5.01. The summed E-state index contributed by atoms with van der Waals surface area (Å²) >= 11 is 0. The Morgan fingerprint density at radius 3 is 2.15 bits per heavy atom. The maximum atomic E-state index is 14.6. The van der Waals surface area contributed by atoms with Crippen molar-refractivity contribution >= 4 is 23.1 Å². The molecule has 2 aromatic carbocycles. The summed E-state index contributed by atoms with van der Waals surface area (Å²) in [6.45, 7) is 9.30. The highest BCUT2D eigenvalue weighted by Gasteiger charge is 2.44. The first kappa shape index (κ1) is 23.0. The first-order valence-corrected chi connectivity index (χ1v) is 11.3. The number of halogens is 2. The molecule has 7 heteroatoms. The van der Waals surface area contributed by atoms with Crippen LogP contribution in [0.15, 0.2) is 48.2 Å². The third-order valence-electron chi connectivity index (χ3n) is 5.91. The van der Waals surface area contributed by atoms with E-state index in [1.807, 2.05) is 18.7 Å². The fraction of sp³-hybridized carbons (Fsp3) is 0.385. The molecule has 2 aromatic rings. The first-order valence-electron chi connectivity index (χ1n) is 11.3. The Morgan fingerprint density at radius 2 is 1.58 bits per heavy atom. The summed E-state index contributed by atoms with van der Waals surface area (Å²) in [4.78, 5) is 29.9. The Bertz CT molecular complexity index is 1100. The van der Waals surface area contributed by atoms with Crippen LogP contribution in [0, 0.1) is 23.5 Å². The number of rotatable bonds is 5. The van der Waals surface area contributed by atoms with Crippen molar-refractivity contribution < 1.29 is 23.1 Å². The number of benzene rings is 2. The van der Waals surface area contributed by atoms with E-state index in [0.717, 1.165) is 23.5 Å². The number of imide groups is 1. The second kappa shape index (κ2) is 8.96. The lowest BCUT2D eigenvalue weighted by atomic mass is 9.91. The van der Waals surface area contributed by atoms with E-state index in [2.05, 4.69) is 13.8 Å². The summed E-state index contributed by atoms with van der Waals surface area (Å²) in [5, 5.41) is 0. The van der Waals surface area contributed by atoms with Crippen molar-refractivity contribution in [2.45, 2.75) is 40.2 Å². The lowest BCUT2D eigenvalue weighted by Crippen LogP contribution is -2.42. The number of piperidine rings is 1. The summed E-state index contributed by atoms with van der Waals surface area (Å²) in [5.41, 5.74) is 0.785. The molecule has 2 amide bonds. The standard InChI is InChI=1S/C26H28F2N2O3/c1-15(2)33-20-8-5-18(6-9-20)23-24(29-13-16(3)11-17(4)14-29)26(32)30(25(23)31)22-10-7-19(27)12-21(22)28/h5-10,12,15-17H,11,13-14H2,1-4H3. The molecule has 33 heavy (non-hydrogen) atoms. The van der Waals surface area contributed by atoms with Crippen molar-refractivity contribution in [3.8, 4) is 5.75 Å². The second-order valence-electron chi connectivity index (χ2n) is 9.31. The van der Waals surface area contributed by atoms with Crippen LogP contribution in [-0.2, 0) is 9.59 Å². The minimum Gasteiger partial charge on any atom is -0.491 e. The van der Waals surface area contributed by atoms with E-state index in [1.165, 1.54) is 0 Å². The molecule has 0 spiro atoms. The number of ether oxygens (including phenoxy) is 1. The number of nitrogens with zero attached hydrogens (tertiary/aromatic N) is 2. The maximum absolute atomic E-state index is 14.6. The number of carbonyl (C=O) groups excluding carboxylic acids is 2. The van der Waals surface area contributed by atoms with E-state index in [1.54, 1.807) is 24.3 Å². The summed E-state index contributed by atoms with van der Waals surface area (Å²) in [7, 11) is 0. The smallest absolute Gasteiger partial charge is 0.282 e. The highest BCUT2D eigenvalue weighted by Crippen LogP contribution is 2.38. The van der Waals surface area contributed by atoms with Crippen LogP contribution in [0.4, 0.5) is 14.5 Å². The summed E-state index contributed by atoms with van der Waals surface area (Å²) in [5.74, 6) is -1.63. The molecule has 0 bridgehead atoms. The number of carbonyl (C=O) groups is 2. The van der Waals surface area contributed by atoms with E-state index in [4.69, 9.17) is 4.74 Å². The zero-order chi connectivity index (χ0) is 23.9. The zero-order valence-corrected chi connectivity index (χ0v) is 19.3. The molecule has 0 aromatic heterocycles. The molecule has 1 saturated heterocycles. The highest BCUT2D eigenvalue weighted by atomic mass is 19.1. The van der Waals surface area contributed by atoms with Crippen molar-refractivity contribution in [3.63, 3.8) is 0 Å². The van der Waals surface area contributed by atoms with Gasteiger partial charge in [-0.15, -0.1) is 0 Å². The number of anilines is 1. The van der Waals surface area contributed by atoms with Crippen LogP contribution >= 0.6 is 0 Å². The van der Waals surface area contributed by atoms with Gasteiger partial charge in [-0.1, -0.05) is 26.0 Å². The van der Waals surface area contributed by atoms with Crippen LogP contribution in [0.3, 0.4) is 0 Å². The molecule has 174 valence electrons. The molecule has 2 unspecified atom stereocenters. The summed E-state index contributed by atoms with van der Waals surface area (Å²) in [6.07, 6.45) is 1.02. The minimum atomic E-state index is -0.960. The van der Waals surface area contributed by atoms with Gasteiger partial charge in [-0.2, -0.15) is 0 Å². The van der Waals surface area contributed by atoms with Gasteiger partial charge >= 0.3 is 0 Å². The van der Waals surface area contributed by atoms with Gasteiger partial charge < -0.3 is 9.64 Å². The molecule has 1 fully saturated rings. The number of hydrogen-bond donors (Lipinski definition) is 0. The van der Waals surface area contributed by atoms with Crippen LogP contribution in [0.5, 0.6) is 5.75 Å². The Balaban J connectivity index is 1.81. The number of likely N-dealkylation sites (tertiary alicyclic amines) is 1. The molecule has 2 aliphatic rings. The third-order valence-corrected chi connectivity index (χ3v) is 5.91. The second-order valence-corrected chi connectivity index (χ2v) is 9.31. The Kier molecular flexibility index (Phi) is 6.23. The van der Waals surface area contributed by atoms with E-state index in [0.29, 0.717) is 42.3 Å². The van der Waals surface area contributed by atoms with Gasteiger partial charge in [0, 0.05) is 19.2 Å². The molecule has 2 atom stereocenters. The fourth-order valence-corrected chi connectivity index (χ4v) is 4.77. The molecule has 2 aliphatic heterocycles. The average molecular weight is 455 g/mol. The van der Waals surface area contributed by atoms with E-state index in [-0.39, 0.29) is 23.1 Å². The maximum Gasteiger partial charge on any atom is 0.282 e. The van der Waals surface area contributed by atoms with Crippen molar-refractivity contribution in [1.82, 2.24) is 4.90 Å². The van der Waals surface area contributed by atoms with Crippen LogP contribution in [0.25, 0.3) is 5.57 Å². The largest absolute Gasteiger partial charge is 0.491 e. The van der Waals surface area contributed by atoms with Gasteiger partial charge in [0.25, 0.3) is 11.8 Å². The summed E-state index contributed by atoms with van der Waals surface area (Å²) in [6, 6.07) is 9.82. The Morgan fingerprint density at radius 1 is 0.939 bits per heavy atom. The van der Waals surface area contributed by atoms with Crippen LogP contribution in [0.1, 0.15) is 39.7 Å². The van der Waals surface area contributed by atoms with Gasteiger partial charge in [0.1, 0.15) is 23.1 Å². The SMILES string of the molecule is CC1CC(C)CN(C2=C(c3ccc(OC(C)C)cc3)C(=O)N(c3ccc(F)cc3F)C2=O)C1. The van der Waals surface area contributed by atoms with Crippen molar-refractivity contribution in [3.05, 3.63) is 65.4 Å². The monoisotopic (exact) mass is 454 g/mol. The van der Waals surface area contributed by atoms with Crippen LogP contribution in [0.2, 0.25) is 0 Å². The molecule has 0 radical (unpaired) electrons. The first-order chi connectivity index (χ1) is 15.7. The molecule has 0 aliphatic carbocycles.